The highest BCUT2D eigenvalue weighted by Gasteiger charge is 2.26. The van der Waals surface area contributed by atoms with Crippen molar-refractivity contribution in [3.63, 3.8) is 0 Å². The molecule has 0 saturated carbocycles. The lowest BCUT2D eigenvalue weighted by Crippen LogP contribution is -2.34. The molecule has 9 heteroatoms. The number of carbonyl (C=O) groups is 1. The van der Waals surface area contributed by atoms with Crippen molar-refractivity contribution in [1.82, 2.24) is 20.3 Å². The summed E-state index contributed by atoms with van der Waals surface area (Å²) in [5.41, 5.74) is 2.00. The van der Waals surface area contributed by atoms with E-state index in [4.69, 9.17) is 20.8 Å². The number of halogens is 1. The minimum Gasteiger partial charge on any atom is -0.449 e. The molecule has 1 atom stereocenters. The molecule has 1 amide bonds. The molecule has 1 aliphatic rings. The monoisotopic (exact) mass is 395 g/mol. The number of hydrogen-bond donors (Lipinski definition) is 2. The molecule has 28 heavy (non-hydrogen) atoms. The molecule has 8 nitrogen and oxygen atoms in total. The van der Waals surface area contributed by atoms with Gasteiger partial charge < -0.3 is 19.8 Å². The Morgan fingerprint density at radius 1 is 1.18 bits per heavy atom. The summed E-state index contributed by atoms with van der Waals surface area (Å²) < 4.78 is 11.5. The zero-order chi connectivity index (χ0) is 19.3. The number of nitrogens with one attached hydrogen (secondary N) is 2. The SMILES string of the molecule is CC1CNc2c(oc3ccc4nc(Oc5ccnc(Cl)n5)ccc4c23)C(=O)N1. The van der Waals surface area contributed by atoms with E-state index in [2.05, 4.69) is 25.6 Å². The maximum absolute atomic E-state index is 12.4. The number of aromatic nitrogens is 3. The van der Waals surface area contributed by atoms with Crippen LogP contribution in [0, 0.1) is 0 Å². The first-order chi connectivity index (χ1) is 13.6. The maximum atomic E-state index is 12.4. The Morgan fingerprint density at radius 2 is 2.04 bits per heavy atom. The predicted octanol–water partition coefficient (Wildman–Crippen LogP) is 3.76. The molecule has 0 saturated heterocycles. The standard InChI is InChI=1S/C19H14ClN5O3/c1-9-8-22-16-15-10-2-5-13(28-14-6-7-21-19(20)25-14)24-11(10)3-4-12(15)27-17(16)18(26)23-9/h2-7,9,22H,8H2,1H3,(H,23,26). The molecule has 0 aliphatic carbocycles. The number of carbonyl (C=O) groups excluding carboxylic acids is 1. The Labute approximate surface area is 163 Å². The summed E-state index contributed by atoms with van der Waals surface area (Å²) in [6, 6.07) is 8.82. The molecule has 1 aromatic carbocycles. The number of hydrogen-bond acceptors (Lipinski definition) is 7. The highest BCUT2D eigenvalue weighted by Crippen LogP contribution is 2.37. The van der Waals surface area contributed by atoms with Crippen molar-refractivity contribution in [3.05, 3.63) is 47.6 Å². The van der Waals surface area contributed by atoms with Gasteiger partial charge in [0.2, 0.25) is 22.8 Å². The number of benzene rings is 1. The summed E-state index contributed by atoms with van der Waals surface area (Å²) in [6.07, 6.45) is 1.51. The normalized spacial score (nSPS) is 16.4. The molecular formula is C19H14ClN5O3. The molecule has 3 aromatic heterocycles. The molecular weight excluding hydrogens is 382 g/mol. The molecule has 2 N–H and O–H groups in total. The lowest BCUT2D eigenvalue weighted by molar-refractivity contribution is 0.0920. The first kappa shape index (κ1) is 16.8. The fourth-order valence-electron chi connectivity index (χ4n) is 3.25. The summed E-state index contributed by atoms with van der Waals surface area (Å²) in [4.78, 5) is 24.8. The van der Waals surface area contributed by atoms with Gasteiger partial charge in [-0.1, -0.05) is 0 Å². The first-order valence-electron chi connectivity index (χ1n) is 8.66. The molecule has 0 spiro atoms. The number of ether oxygens (including phenoxy) is 1. The van der Waals surface area contributed by atoms with Crippen LogP contribution in [-0.2, 0) is 0 Å². The van der Waals surface area contributed by atoms with Crippen molar-refractivity contribution < 1.29 is 13.9 Å². The largest absolute Gasteiger partial charge is 0.449 e. The van der Waals surface area contributed by atoms with Crippen LogP contribution >= 0.6 is 11.6 Å². The highest BCUT2D eigenvalue weighted by atomic mass is 35.5. The van der Waals surface area contributed by atoms with E-state index in [0.29, 0.717) is 35.1 Å². The van der Waals surface area contributed by atoms with Crippen LogP contribution in [0.15, 0.2) is 40.9 Å². The van der Waals surface area contributed by atoms with Crippen molar-refractivity contribution in [2.75, 3.05) is 11.9 Å². The third-order valence-corrected chi connectivity index (χ3v) is 4.66. The molecule has 1 aliphatic heterocycles. The van der Waals surface area contributed by atoms with Crippen LogP contribution in [-0.4, -0.2) is 33.4 Å². The second-order valence-corrected chi connectivity index (χ2v) is 6.82. The van der Waals surface area contributed by atoms with Crippen LogP contribution in [0.2, 0.25) is 5.28 Å². The van der Waals surface area contributed by atoms with Crippen LogP contribution in [0.5, 0.6) is 11.8 Å². The number of pyridine rings is 1. The van der Waals surface area contributed by atoms with Gasteiger partial charge in [0.05, 0.1) is 16.6 Å². The average molecular weight is 396 g/mol. The van der Waals surface area contributed by atoms with Gasteiger partial charge in [0, 0.05) is 36.3 Å². The van der Waals surface area contributed by atoms with Crippen LogP contribution in [0.25, 0.3) is 21.9 Å². The van der Waals surface area contributed by atoms with Crippen molar-refractivity contribution in [2.24, 2.45) is 0 Å². The summed E-state index contributed by atoms with van der Waals surface area (Å²) >= 11 is 5.79. The number of rotatable bonds is 2. The number of anilines is 1. The quantitative estimate of drug-likeness (QED) is 0.498. The Bertz CT molecular complexity index is 1240. The lowest BCUT2D eigenvalue weighted by atomic mass is 10.1. The number of nitrogens with zero attached hydrogens (tertiary/aromatic N) is 3. The Morgan fingerprint density at radius 3 is 2.89 bits per heavy atom. The van der Waals surface area contributed by atoms with Crippen molar-refractivity contribution in [1.29, 1.82) is 0 Å². The van der Waals surface area contributed by atoms with E-state index in [9.17, 15) is 4.79 Å². The van der Waals surface area contributed by atoms with Gasteiger partial charge in [-0.3, -0.25) is 4.79 Å². The van der Waals surface area contributed by atoms with E-state index in [1.807, 2.05) is 19.1 Å². The summed E-state index contributed by atoms with van der Waals surface area (Å²) in [6.45, 7) is 2.54. The smallest absolute Gasteiger partial charge is 0.289 e. The average Bonchev–Trinajstić information content (AvgIpc) is 2.99. The van der Waals surface area contributed by atoms with E-state index < -0.39 is 0 Å². The minimum atomic E-state index is -0.231. The van der Waals surface area contributed by atoms with Gasteiger partial charge in [0.1, 0.15) is 5.58 Å². The fourth-order valence-corrected chi connectivity index (χ4v) is 3.39. The van der Waals surface area contributed by atoms with Crippen molar-refractivity contribution >= 4 is 45.1 Å². The van der Waals surface area contributed by atoms with Crippen LogP contribution < -0.4 is 15.4 Å². The van der Waals surface area contributed by atoms with Crippen molar-refractivity contribution in [3.8, 4) is 11.8 Å². The Balaban J connectivity index is 1.62. The zero-order valence-corrected chi connectivity index (χ0v) is 15.4. The molecule has 140 valence electrons. The number of amides is 1. The van der Waals surface area contributed by atoms with Gasteiger partial charge in [-0.25, -0.2) is 9.97 Å². The third-order valence-electron chi connectivity index (χ3n) is 4.48. The molecule has 4 aromatic rings. The molecule has 1 unspecified atom stereocenters. The van der Waals surface area contributed by atoms with E-state index in [0.717, 1.165) is 10.8 Å². The number of furan rings is 1. The van der Waals surface area contributed by atoms with Crippen LogP contribution in [0.4, 0.5) is 5.69 Å². The second-order valence-electron chi connectivity index (χ2n) is 6.48. The predicted molar refractivity (Wildman–Crippen MR) is 104 cm³/mol. The van der Waals surface area contributed by atoms with Crippen molar-refractivity contribution in [2.45, 2.75) is 13.0 Å². The Hall–Kier alpha value is -3.39. The molecule has 0 radical (unpaired) electrons. The molecule has 5 rings (SSSR count). The van der Waals surface area contributed by atoms with E-state index >= 15 is 0 Å². The fraction of sp³-hybridized carbons (Fsp3) is 0.158. The van der Waals surface area contributed by atoms with Gasteiger partial charge in [-0.15, -0.1) is 0 Å². The summed E-state index contributed by atoms with van der Waals surface area (Å²) in [5, 5.41) is 7.98. The number of fused-ring (bicyclic) bond motifs is 5. The van der Waals surface area contributed by atoms with Gasteiger partial charge >= 0.3 is 0 Å². The molecule has 0 bridgehead atoms. The molecule has 0 fully saturated rings. The second kappa shape index (κ2) is 6.35. The maximum Gasteiger partial charge on any atom is 0.289 e. The topological polar surface area (TPSA) is 102 Å². The van der Waals surface area contributed by atoms with E-state index in [1.54, 1.807) is 18.2 Å². The van der Waals surface area contributed by atoms with Crippen LogP contribution in [0.3, 0.4) is 0 Å². The first-order valence-corrected chi connectivity index (χ1v) is 9.04. The van der Waals surface area contributed by atoms with Gasteiger partial charge in [0.15, 0.2) is 0 Å². The van der Waals surface area contributed by atoms with E-state index in [1.165, 1.54) is 6.20 Å². The molecule has 4 heterocycles. The van der Waals surface area contributed by atoms with Gasteiger partial charge in [-0.2, -0.15) is 4.98 Å². The summed E-state index contributed by atoms with van der Waals surface area (Å²) in [7, 11) is 0. The third kappa shape index (κ3) is 2.78. The van der Waals surface area contributed by atoms with Gasteiger partial charge in [-0.05, 0) is 36.7 Å². The lowest BCUT2D eigenvalue weighted by Gasteiger charge is -2.09. The Kier molecular flexibility index (Phi) is 3.80. The summed E-state index contributed by atoms with van der Waals surface area (Å²) in [5.74, 6) is 0.723. The van der Waals surface area contributed by atoms with Gasteiger partial charge in [0.25, 0.3) is 5.91 Å². The minimum absolute atomic E-state index is 0.00191. The highest BCUT2D eigenvalue weighted by molar-refractivity contribution is 6.28. The zero-order valence-electron chi connectivity index (χ0n) is 14.7. The van der Waals surface area contributed by atoms with Crippen LogP contribution in [0.1, 0.15) is 17.5 Å². The van der Waals surface area contributed by atoms with E-state index in [-0.39, 0.29) is 23.0 Å².